The Morgan fingerprint density at radius 3 is 2.87 bits per heavy atom. The average molecular weight is 212 g/mol. The van der Waals surface area contributed by atoms with Crippen LogP contribution in [0.4, 0.5) is 0 Å². The third-order valence-corrected chi connectivity index (χ3v) is 1.73. The lowest BCUT2D eigenvalue weighted by Gasteiger charge is -2.10. The summed E-state index contributed by atoms with van der Waals surface area (Å²) in [5.41, 5.74) is -0.422. The fraction of sp³-hybridized carbons (Fsp3) is 0.444. The monoisotopic (exact) mass is 212 g/mol. The van der Waals surface area contributed by atoms with Crippen molar-refractivity contribution in [2.75, 3.05) is 6.61 Å². The number of nitrogens with zero attached hydrogens (tertiary/aromatic N) is 2. The van der Waals surface area contributed by atoms with Crippen LogP contribution in [0.3, 0.4) is 0 Å². The topological polar surface area (TPSA) is 81.4 Å². The Morgan fingerprint density at radius 2 is 2.33 bits per heavy atom. The molecule has 0 aliphatic heterocycles. The van der Waals surface area contributed by atoms with E-state index in [2.05, 4.69) is 4.98 Å². The maximum absolute atomic E-state index is 11.6. The number of ether oxygens (including phenoxy) is 1. The average Bonchev–Trinajstić information content (AvgIpc) is 2.15. The van der Waals surface area contributed by atoms with E-state index in [1.807, 2.05) is 13.8 Å². The highest BCUT2D eigenvalue weighted by Gasteiger charge is 2.09. The standard InChI is InChI=1S/C9H12N2O4/c1-6(2)11-4-3-10-8(9(11)14)15-5-7(12)13/h3-4,6H,5H2,1-2H3,(H,12,13). The Hall–Kier alpha value is -1.85. The van der Waals surface area contributed by atoms with Crippen molar-refractivity contribution in [2.24, 2.45) is 0 Å². The predicted octanol–water partition coefficient (Wildman–Crippen LogP) is 0.288. The van der Waals surface area contributed by atoms with Crippen molar-refractivity contribution in [3.8, 4) is 5.88 Å². The summed E-state index contributed by atoms with van der Waals surface area (Å²) in [6.07, 6.45) is 2.93. The zero-order chi connectivity index (χ0) is 11.4. The fourth-order valence-corrected chi connectivity index (χ4v) is 1.04. The summed E-state index contributed by atoms with van der Waals surface area (Å²) in [6, 6.07) is -0.0207. The predicted molar refractivity (Wildman–Crippen MR) is 52.0 cm³/mol. The van der Waals surface area contributed by atoms with Crippen molar-refractivity contribution in [3.63, 3.8) is 0 Å². The highest BCUT2D eigenvalue weighted by Crippen LogP contribution is 2.02. The van der Waals surface area contributed by atoms with Gasteiger partial charge in [0.05, 0.1) is 0 Å². The number of hydrogen-bond donors (Lipinski definition) is 1. The van der Waals surface area contributed by atoms with Gasteiger partial charge in [0, 0.05) is 18.4 Å². The molecule has 1 N–H and O–H groups in total. The Labute approximate surface area is 86.1 Å². The number of rotatable bonds is 4. The molecular formula is C9H12N2O4. The first-order valence-electron chi connectivity index (χ1n) is 4.44. The van der Waals surface area contributed by atoms with Gasteiger partial charge in [-0.25, -0.2) is 9.78 Å². The Bertz CT molecular complexity index is 411. The molecule has 0 aliphatic carbocycles. The van der Waals surface area contributed by atoms with Crippen LogP contribution in [0.5, 0.6) is 5.88 Å². The van der Waals surface area contributed by atoms with Gasteiger partial charge in [-0.3, -0.25) is 4.79 Å². The van der Waals surface area contributed by atoms with Gasteiger partial charge in [0.15, 0.2) is 6.61 Å². The molecule has 1 aromatic heterocycles. The van der Waals surface area contributed by atoms with E-state index in [1.165, 1.54) is 17.0 Å². The summed E-state index contributed by atoms with van der Waals surface area (Å²) >= 11 is 0. The second kappa shape index (κ2) is 4.59. The molecule has 0 atom stereocenters. The van der Waals surface area contributed by atoms with Crippen LogP contribution in [0, 0.1) is 0 Å². The molecule has 0 saturated heterocycles. The van der Waals surface area contributed by atoms with Gasteiger partial charge in [-0.15, -0.1) is 0 Å². The molecule has 1 aromatic rings. The molecule has 0 unspecified atom stereocenters. The van der Waals surface area contributed by atoms with Crippen LogP contribution in [0.1, 0.15) is 19.9 Å². The molecule has 0 aromatic carbocycles. The Balaban J connectivity index is 2.95. The lowest BCUT2D eigenvalue weighted by atomic mass is 10.4. The first-order valence-corrected chi connectivity index (χ1v) is 4.44. The fourth-order valence-electron chi connectivity index (χ4n) is 1.04. The molecule has 0 fully saturated rings. The van der Waals surface area contributed by atoms with Crippen molar-refractivity contribution in [3.05, 3.63) is 22.7 Å². The summed E-state index contributed by atoms with van der Waals surface area (Å²) < 4.78 is 6.17. The van der Waals surface area contributed by atoms with Crippen LogP contribution < -0.4 is 10.3 Å². The van der Waals surface area contributed by atoms with Crippen molar-refractivity contribution in [2.45, 2.75) is 19.9 Å². The van der Waals surface area contributed by atoms with Crippen LogP contribution in [0.15, 0.2) is 17.2 Å². The number of carboxylic acids is 1. The molecule has 0 amide bonds. The summed E-state index contributed by atoms with van der Waals surface area (Å²) in [5, 5.41) is 8.38. The molecule has 6 nitrogen and oxygen atoms in total. The van der Waals surface area contributed by atoms with Gasteiger partial charge in [0.1, 0.15) is 0 Å². The van der Waals surface area contributed by atoms with Crippen molar-refractivity contribution in [1.29, 1.82) is 0 Å². The van der Waals surface area contributed by atoms with Crippen LogP contribution in [-0.4, -0.2) is 27.2 Å². The van der Waals surface area contributed by atoms with Crippen LogP contribution in [0.2, 0.25) is 0 Å². The minimum absolute atomic E-state index is 0.0207. The second-order valence-corrected chi connectivity index (χ2v) is 3.22. The molecule has 0 aliphatic rings. The molecule has 0 saturated carbocycles. The number of carboxylic acid groups (broad SMARTS) is 1. The van der Waals surface area contributed by atoms with Crippen molar-refractivity contribution in [1.82, 2.24) is 9.55 Å². The third-order valence-electron chi connectivity index (χ3n) is 1.73. The van der Waals surface area contributed by atoms with E-state index in [4.69, 9.17) is 9.84 Å². The van der Waals surface area contributed by atoms with Gasteiger partial charge in [0.25, 0.3) is 5.88 Å². The van der Waals surface area contributed by atoms with E-state index in [0.29, 0.717) is 0 Å². The van der Waals surface area contributed by atoms with E-state index >= 15 is 0 Å². The summed E-state index contributed by atoms with van der Waals surface area (Å²) in [5.74, 6) is -1.33. The molecule has 6 heteroatoms. The molecule has 0 spiro atoms. The molecule has 15 heavy (non-hydrogen) atoms. The first-order chi connectivity index (χ1) is 7.02. The van der Waals surface area contributed by atoms with E-state index in [-0.39, 0.29) is 11.9 Å². The van der Waals surface area contributed by atoms with Gasteiger partial charge in [-0.1, -0.05) is 0 Å². The Kier molecular flexibility index (Phi) is 3.43. The third kappa shape index (κ3) is 2.80. The van der Waals surface area contributed by atoms with Crippen molar-refractivity contribution >= 4 is 5.97 Å². The van der Waals surface area contributed by atoms with Gasteiger partial charge in [-0.05, 0) is 13.8 Å². The summed E-state index contributed by atoms with van der Waals surface area (Å²) in [6.45, 7) is 3.11. The minimum Gasteiger partial charge on any atom is -0.479 e. The smallest absolute Gasteiger partial charge is 0.341 e. The first kappa shape index (κ1) is 11.2. The lowest BCUT2D eigenvalue weighted by Crippen LogP contribution is -2.25. The van der Waals surface area contributed by atoms with Crippen LogP contribution >= 0.6 is 0 Å². The number of carbonyl (C=O) groups is 1. The largest absolute Gasteiger partial charge is 0.479 e. The van der Waals surface area contributed by atoms with Crippen molar-refractivity contribution < 1.29 is 14.6 Å². The molecule has 82 valence electrons. The van der Waals surface area contributed by atoms with Gasteiger partial charge in [0.2, 0.25) is 0 Å². The zero-order valence-electron chi connectivity index (χ0n) is 8.51. The van der Waals surface area contributed by atoms with Gasteiger partial charge in [-0.2, -0.15) is 0 Å². The van der Waals surface area contributed by atoms with Gasteiger partial charge >= 0.3 is 11.5 Å². The SMILES string of the molecule is CC(C)n1ccnc(OCC(=O)O)c1=O. The zero-order valence-corrected chi connectivity index (χ0v) is 8.51. The summed E-state index contributed by atoms with van der Waals surface area (Å²) in [4.78, 5) is 25.5. The van der Waals surface area contributed by atoms with E-state index < -0.39 is 18.1 Å². The molecular weight excluding hydrogens is 200 g/mol. The number of aliphatic carboxylic acids is 1. The molecule has 1 heterocycles. The van der Waals surface area contributed by atoms with Crippen LogP contribution in [0.25, 0.3) is 0 Å². The number of aromatic nitrogens is 2. The normalized spacial score (nSPS) is 10.3. The van der Waals surface area contributed by atoms with E-state index in [9.17, 15) is 9.59 Å². The Morgan fingerprint density at radius 1 is 1.67 bits per heavy atom. The van der Waals surface area contributed by atoms with Crippen LogP contribution in [-0.2, 0) is 4.79 Å². The molecule has 0 radical (unpaired) electrons. The number of hydrogen-bond acceptors (Lipinski definition) is 4. The highest BCUT2D eigenvalue weighted by molar-refractivity contribution is 5.68. The van der Waals surface area contributed by atoms with E-state index in [1.54, 1.807) is 0 Å². The maximum atomic E-state index is 11.6. The maximum Gasteiger partial charge on any atom is 0.341 e. The lowest BCUT2D eigenvalue weighted by molar-refractivity contribution is -0.139. The highest BCUT2D eigenvalue weighted by atomic mass is 16.5. The summed E-state index contributed by atoms with van der Waals surface area (Å²) in [7, 11) is 0. The van der Waals surface area contributed by atoms with E-state index in [0.717, 1.165) is 0 Å². The minimum atomic E-state index is -1.14. The molecule has 1 rings (SSSR count). The second-order valence-electron chi connectivity index (χ2n) is 3.22. The van der Waals surface area contributed by atoms with Gasteiger partial charge < -0.3 is 14.4 Å². The quantitative estimate of drug-likeness (QED) is 0.775. The molecule has 0 bridgehead atoms.